The zero-order valence-corrected chi connectivity index (χ0v) is 13.1. The van der Waals surface area contributed by atoms with Gasteiger partial charge >= 0.3 is 0 Å². The zero-order valence-electron chi connectivity index (χ0n) is 13.1. The van der Waals surface area contributed by atoms with Crippen LogP contribution in [0, 0.1) is 0 Å². The summed E-state index contributed by atoms with van der Waals surface area (Å²) in [6.45, 7) is 6.00. The van der Waals surface area contributed by atoms with E-state index in [1.165, 1.54) is 0 Å². The molecule has 0 aliphatic heterocycles. The Balaban J connectivity index is 2.24. The largest absolute Gasteiger partial charge is 0.483 e. The second kappa shape index (κ2) is 10.2. The van der Waals surface area contributed by atoms with E-state index in [0.29, 0.717) is 19.7 Å². The molecule has 21 heavy (non-hydrogen) atoms. The molecule has 5 heteroatoms. The van der Waals surface area contributed by atoms with E-state index >= 15 is 0 Å². The average Bonchev–Trinajstić information content (AvgIpc) is 2.46. The first-order valence-electron chi connectivity index (χ1n) is 7.37. The molecule has 5 nitrogen and oxygen atoms in total. The van der Waals surface area contributed by atoms with Crippen LogP contribution in [0.15, 0.2) is 24.3 Å². The summed E-state index contributed by atoms with van der Waals surface area (Å²) in [4.78, 5) is 11.7. The van der Waals surface area contributed by atoms with Crippen molar-refractivity contribution in [3.05, 3.63) is 29.8 Å². The lowest BCUT2D eigenvalue weighted by atomic mass is 10.2. The van der Waals surface area contributed by atoms with Crippen LogP contribution in [0.2, 0.25) is 0 Å². The first-order chi connectivity index (χ1) is 10.1. The van der Waals surface area contributed by atoms with Crippen molar-refractivity contribution >= 4 is 5.91 Å². The second-order valence-corrected chi connectivity index (χ2v) is 5.05. The molecule has 0 saturated heterocycles. The number of hydrogen-bond donors (Lipinski definition) is 2. The van der Waals surface area contributed by atoms with E-state index in [4.69, 9.17) is 9.47 Å². The molecular formula is C16H26N2O3. The molecule has 0 heterocycles. The summed E-state index contributed by atoms with van der Waals surface area (Å²) >= 11 is 0. The third-order valence-corrected chi connectivity index (χ3v) is 2.79. The maximum Gasteiger partial charge on any atom is 0.257 e. The fraction of sp³-hybridized carbons (Fsp3) is 0.562. The number of carbonyl (C=O) groups is 1. The highest BCUT2D eigenvalue weighted by Crippen LogP contribution is 2.17. The quantitative estimate of drug-likeness (QED) is 0.645. The standard InChI is InChI=1S/C16H26N2O3/c1-13(2)20-10-6-9-18-16(19)12-21-15-8-5-4-7-14(15)11-17-3/h4-5,7-8,13,17H,6,9-12H2,1-3H3,(H,18,19). The van der Waals surface area contributed by atoms with Gasteiger partial charge in [0.2, 0.25) is 0 Å². The van der Waals surface area contributed by atoms with Crippen molar-refractivity contribution in [3.63, 3.8) is 0 Å². The number of hydrogen-bond acceptors (Lipinski definition) is 4. The van der Waals surface area contributed by atoms with E-state index in [-0.39, 0.29) is 18.6 Å². The maximum absolute atomic E-state index is 11.7. The summed E-state index contributed by atoms with van der Waals surface area (Å²) in [5, 5.41) is 5.89. The van der Waals surface area contributed by atoms with Crippen LogP contribution in [0.3, 0.4) is 0 Å². The highest BCUT2D eigenvalue weighted by Gasteiger charge is 2.05. The lowest BCUT2D eigenvalue weighted by Gasteiger charge is -2.11. The van der Waals surface area contributed by atoms with Crippen LogP contribution in [0.1, 0.15) is 25.8 Å². The van der Waals surface area contributed by atoms with Crippen LogP contribution < -0.4 is 15.4 Å². The van der Waals surface area contributed by atoms with E-state index in [1.807, 2.05) is 45.2 Å². The maximum atomic E-state index is 11.7. The van der Waals surface area contributed by atoms with Gasteiger partial charge in [0, 0.05) is 25.3 Å². The van der Waals surface area contributed by atoms with Gasteiger partial charge in [-0.3, -0.25) is 4.79 Å². The Bertz CT molecular complexity index is 422. The van der Waals surface area contributed by atoms with E-state index in [9.17, 15) is 4.79 Å². The number of para-hydroxylation sites is 1. The molecule has 0 aliphatic rings. The van der Waals surface area contributed by atoms with Crippen LogP contribution >= 0.6 is 0 Å². The van der Waals surface area contributed by atoms with Crippen LogP contribution in [-0.2, 0) is 16.1 Å². The molecule has 1 aromatic carbocycles. The van der Waals surface area contributed by atoms with E-state index < -0.39 is 0 Å². The van der Waals surface area contributed by atoms with Gasteiger partial charge in [-0.15, -0.1) is 0 Å². The Morgan fingerprint density at radius 3 is 2.76 bits per heavy atom. The van der Waals surface area contributed by atoms with E-state index in [1.54, 1.807) is 0 Å². The Kier molecular flexibility index (Phi) is 8.47. The fourth-order valence-corrected chi connectivity index (χ4v) is 1.79. The van der Waals surface area contributed by atoms with Gasteiger partial charge in [0.25, 0.3) is 5.91 Å². The molecule has 1 rings (SSSR count). The molecule has 0 unspecified atom stereocenters. The minimum absolute atomic E-state index is 0.0335. The summed E-state index contributed by atoms with van der Waals surface area (Å²) in [6.07, 6.45) is 1.04. The molecule has 0 fully saturated rings. The fourth-order valence-electron chi connectivity index (χ4n) is 1.79. The van der Waals surface area contributed by atoms with Crippen molar-refractivity contribution in [2.45, 2.75) is 32.9 Å². The molecule has 0 aliphatic carbocycles. The van der Waals surface area contributed by atoms with Crippen molar-refractivity contribution < 1.29 is 14.3 Å². The predicted octanol–water partition coefficient (Wildman–Crippen LogP) is 1.72. The molecule has 0 spiro atoms. The Hall–Kier alpha value is -1.59. The third-order valence-electron chi connectivity index (χ3n) is 2.79. The van der Waals surface area contributed by atoms with Crippen molar-refractivity contribution in [2.24, 2.45) is 0 Å². The molecule has 1 aromatic rings. The number of carbonyl (C=O) groups excluding carboxylic acids is 1. The topological polar surface area (TPSA) is 59.6 Å². The average molecular weight is 294 g/mol. The van der Waals surface area contributed by atoms with Crippen LogP contribution in [0.5, 0.6) is 5.75 Å². The minimum atomic E-state index is -0.112. The Morgan fingerprint density at radius 2 is 2.05 bits per heavy atom. The Labute approximate surface area is 127 Å². The minimum Gasteiger partial charge on any atom is -0.483 e. The monoisotopic (exact) mass is 294 g/mol. The Morgan fingerprint density at radius 1 is 1.29 bits per heavy atom. The van der Waals surface area contributed by atoms with Crippen molar-refractivity contribution in [1.29, 1.82) is 0 Å². The highest BCUT2D eigenvalue weighted by atomic mass is 16.5. The molecule has 0 bridgehead atoms. The number of nitrogens with one attached hydrogen (secondary N) is 2. The molecule has 0 radical (unpaired) electrons. The molecule has 0 aromatic heterocycles. The molecule has 1 amide bonds. The third kappa shape index (κ3) is 7.68. The van der Waals surface area contributed by atoms with Gasteiger partial charge in [0.1, 0.15) is 5.75 Å². The van der Waals surface area contributed by atoms with E-state index in [0.717, 1.165) is 17.7 Å². The molecule has 2 N–H and O–H groups in total. The van der Waals surface area contributed by atoms with Crippen LogP contribution in [0.4, 0.5) is 0 Å². The summed E-state index contributed by atoms with van der Waals surface area (Å²) in [5.41, 5.74) is 1.04. The van der Waals surface area contributed by atoms with Gasteiger partial charge in [-0.05, 0) is 33.4 Å². The van der Waals surface area contributed by atoms with Crippen molar-refractivity contribution in [2.75, 3.05) is 26.8 Å². The number of benzene rings is 1. The van der Waals surface area contributed by atoms with E-state index in [2.05, 4.69) is 10.6 Å². The predicted molar refractivity (Wildman–Crippen MR) is 83.4 cm³/mol. The van der Waals surface area contributed by atoms with Crippen molar-refractivity contribution in [1.82, 2.24) is 10.6 Å². The number of amides is 1. The number of rotatable bonds is 10. The SMILES string of the molecule is CNCc1ccccc1OCC(=O)NCCCOC(C)C. The highest BCUT2D eigenvalue weighted by molar-refractivity contribution is 5.77. The second-order valence-electron chi connectivity index (χ2n) is 5.05. The summed E-state index contributed by atoms with van der Waals surface area (Å²) in [6, 6.07) is 7.70. The van der Waals surface area contributed by atoms with Crippen LogP contribution in [-0.4, -0.2) is 38.8 Å². The van der Waals surface area contributed by atoms with Gasteiger partial charge in [0.15, 0.2) is 6.61 Å². The normalized spacial score (nSPS) is 10.7. The number of ether oxygens (including phenoxy) is 2. The molecule has 0 saturated carbocycles. The van der Waals surface area contributed by atoms with Crippen molar-refractivity contribution in [3.8, 4) is 5.75 Å². The zero-order chi connectivity index (χ0) is 15.5. The molecule has 0 atom stereocenters. The van der Waals surface area contributed by atoms with Gasteiger partial charge in [0.05, 0.1) is 6.10 Å². The van der Waals surface area contributed by atoms with Gasteiger partial charge < -0.3 is 20.1 Å². The molecule has 118 valence electrons. The van der Waals surface area contributed by atoms with Gasteiger partial charge in [-0.25, -0.2) is 0 Å². The van der Waals surface area contributed by atoms with Gasteiger partial charge in [-0.2, -0.15) is 0 Å². The lowest BCUT2D eigenvalue weighted by molar-refractivity contribution is -0.123. The first-order valence-corrected chi connectivity index (χ1v) is 7.37. The van der Waals surface area contributed by atoms with Gasteiger partial charge in [-0.1, -0.05) is 18.2 Å². The summed E-state index contributed by atoms with van der Waals surface area (Å²) < 4.78 is 11.0. The lowest BCUT2D eigenvalue weighted by Crippen LogP contribution is -2.30. The summed E-state index contributed by atoms with van der Waals surface area (Å²) in [5.74, 6) is 0.629. The first kappa shape index (κ1) is 17.5. The summed E-state index contributed by atoms with van der Waals surface area (Å²) in [7, 11) is 1.88. The molecular weight excluding hydrogens is 268 g/mol. The smallest absolute Gasteiger partial charge is 0.257 e. The van der Waals surface area contributed by atoms with Crippen LogP contribution in [0.25, 0.3) is 0 Å².